The number of halogens is 1. The molecule has 1 fully saturated rings. The Balaban J connectivity index is 1.23. The smallest absolute Gasteiger partial charge is 0.181 e. The summed E-state index contributed by atoms with van der Waals surface area (Å²) in [6.45, 7) is 4.15. The quantitative estimate of drug-likeness (QED) is 0.188. The van der Waals surface area contributed by atoms with Crippen LogP contribution in [0.3, 0.4) is 0 Å². The van der Waals surface area contributed by atoms with Crippen LogP contribution in [0.15, 0.2) is 67.1 Å². The highest BCUT2D eigenvalue weighted by Gasteiger charge is 2.17. The standard InChI is InChI=1S/C33H32FN7/c1-2-20-10-22(16-35-15-21-6-3-4-7-21)12-24(11-20)25-14-27-31(40-41-32(27)37-17-25)33-38-29-19-36-18-28(30(29)39-33)23-8-5-9-26(34)13-23/h5,8-14,17-19,21,35H,2-4,6-7,15-16H2,1H3,(H,38,39)(H,37,40,41). The number of aryl methyl sites for hydroxylation is 1. The number of aromatic amines is 2. The van der Waals surface area contributed by atoms with Crippen LogP contribution in [-0.4, -0.2) is 36.7 Å². The summed E-state index contributed by atoms with van der Waals surface area (Å²) in [5.41, 5.74) is 9.12. The van der Waals surface area contributed by atoms with Crippen LogP contribution >= 0.6 is 0 Å². The number of nitrogens with zero attached hydrogens (tertiary/aromatic N) is 4. The predicted octanol–water partition coefficient (Wildman–Crippen LogP) is 7.21. The average Bonchev–Trinajstić information content (AvgIpc) is 3.76. The fraction of sp³-hybridized carbons (Fsp3) is 0.273. The molecule has 0 unspecified atom stereocenters. The number of benzene rings is 2. The molecule has 0 saturated heterocycles. The molecule has 1 saturated carbocycles. The third kappa shape index (κ3) is 5.11. The molecule has 0 radical (unpaired) electrons. The number of pyridine rings is 2. The number of fused-ring (bicyclic) bond motifs is 2. The lowest BCUT2D eigenvalue weighted by atomic mass is 9.98. The van der Waals surface area contributed by atoms with Crippen LogP contribution in [0.5, 0.6) is 0 Å². The Hall–Kier alpha value is -4.43. The second-order valence-electron chi connectivity index (χ2n) is 11.0. The predicted molar refractivity (Wildman–Crippen MR) is 161 cm³/mol. The van der Waals surface area contributed by atoms with E-state index in [2.05, 4.69) is 61.7 Å². The topological polar surface area (TPSA) is 95.2 Å². The first kappa shape index (κ1) is 25.5. The Kier molecular flexibility index (Phi) is 6.76. The molecule has 1 aliphatic rings. The largest absolute Gasteiger partial charge is 0.335 e. The number of rotatable bonds is 8. The Morgan fingerprint density at radius 2 is 1.83 bits per heavy atom. The summed E-state index contributed by atoms with van der Waals surface area (Å²) in [6.07, 6.45) is 11.7. The first-order valence-electron chi connectivity index (χ1n) is 14.4. The van der Waals surface area contributed by atoms with Crippen molar-refractivity contribution in [1.29, 1.82) is 0 Å². The molecule has 41 heavy (non-hydrogen) atoms. The molecule has 7 nitrogen and oxygen atoms in total. The lowest BCUT2D eigenvalue weighted by Gasteiger charge is -2.13. The maximum absolute atomic E-state index is 14.0. The molecule has 206 valence electrons. The van der Waals surface area contributed by atoms with E-state index >= 15 is 0 Å². The maximum atomic E-state index is 14.0. The number of H-pyrrole nitrogens is 2. The van der Waals surface area contributed by atoms with E-state index in [4.69, 9.17) is 4.98 Å². The van der Waals surface area contributed by atoms with Gasteiger partial charge in [-0.2, -0.15) is 5.10 Å². The summed E-state index contributed by atoms with van der Waals surface area (Å²) in [6, 6.07) is 15.4. The van der Waals surface area contributed by atoms with Gasteiger partial charge >= 0.3 is 0 Å². The summed E-state index contributed by atoms with van der Waals surface area (Å²) in [4.78, 5) is 17.3. The normalized spacial score (nSPS) is 14.0. The van der Waals surface area contributed by atoms with Crippen LogP contribution < -0.4 is 5.32 Å². The molecule has 0 atom stereocenters. The molecule has 0 aliphatic heterocycles. The van der Waals surface area contributed by atoms with Crippen molar-refractivity contribution in [2.45, 2.75) is 45.6 Å². The zero-order valence-electron chi connectivity index (χ0n) is 23.0. The number of hydrogen-bond acceptors (Lipinski definition) is 5. The zero-order chi connectivity index (χ0) is 27.8. The van der Waals surface area contributed by atoms with Crippen LogP contribution in [0.4, 0.5) is 4.39 Å². The maximum Gasteiger partial charge on any atom is 0.181 e. The second kappa shape index (κ2) is 10.9. The molecule has 0 bridgehead atoms. The van der Waals surface area contributed by atoms with E-state index in [0.717, 1.165) is 69.8 Å². The molecular weight excluding hydrogens is 513 g/mol. The van der Waals surface area contributed by atoms with Gasteiger partial charge in [0.15, 0.2) is 11.5 Å². The van der Waals surface area contributed by atoms with Crippen molar-refractivity contribution >= 4 is 22.1 Å². The molecule has 7 rings (SSSR count). The van der Waals surface area contributed by atoms with Crippen molar-refractivity contribution in [3.05, 3.63) is 84.1 Å². The van der Waals surface area contributed by atoms with Crippen molar-refractivity contribution in [2.24, 2.45) is 5.92 Å². The third-order valence-corrected chi connectivity index (χ3v) is 8.21. The monoisotopic (exact) mass is 545 g/mol. The van der Waals surface area contributed by atoms with Crippen molar-refractivity contribution in [3.8, 4) is 33.8 Å². The fourth-order valence-corrected chi connectivity index (χ4v) is 6.03. The highest BCUT2D eigenvalue weighted by atomic mass is 19.1. The third-order valence-electron chi connectivity index (χ3n) is 8.21. The van der Waals surface area contributed by atoms with E-state index in [1.807, 2.05) is 12.3 Å². The van der Waals surface area contributed by atoms with E-state index in [0.29, 0.717) is 11.5 Å². The number of aromatic nitrogens is 6. The van der Waals surface area contributed by atoms with E-state index in [-0.39, 0.29) is 5.82 Å². The van der Waals surface area contributed by atoms with Crippen LogP contribution in [0.2, 0.25) is 0 Å². The Morgan fingerprint density at radius 1 is 0.951 bits per heavy atom. The van der Waals surface area contributed by atoms with Crippen LogP contribution in [-0.2, 0) is 13.0 Å². The second-order valence-corrected chi connectivity index (χ2v) is 11.0. The molecule has 8 heteroatoms. The van der Waals surface area contributed by atoms with E-state index in [9.17, 15) is 4.39 Å². The van der Waals surface area contributed by atoms with E-state index in [1.165, 1.54) is 48.9 Å². The number of imidazole rings is 1. The minimum Gasteiger partial charge on any atom is -0.335 e. The lowest BCUT2D eigenvalue weighted by molar-refractivity contribution is 0.489. The van der Waals surface area contributed by atoms with Crippen molar-refractivity contribution in [1.82, 2.24) is 35.5 Å². The molecule has 6 aromatic rings. The van der Waals surface area contributed by atoms with Gasteiger partial charge in [-0.25, -0.2) is 14.4 Å². The Morgan fingerprint density at radius 3 is 2.68 bits per heavy atom. The fourth-order valence-electron chi connectivity index (χ4n) is 6.03. The van der Waals surface area contributed by atoms with Gasteiger partial charge in [0.05, 0.1) is 22.6 Å². The molecular formula is C33H32FN7. The zero-order valence-corrected chi connectivity index (χ0v) is 23.0. The van der Waals surface area contributed by atoms with Crippen LogP contribution in [0, 0.1) is 11.7 Å². The Bertz CT molecular complexity index is 1850. The minimum absolute atomic E-state index is 0.298. The highest BCUT2D eigenvalue weighted by Crippen LogP contribution is 2.33. The molecule has 4 aromatic heterocycles. The SMILES string of the molecule is CCc1cc(CNCC2CCCC2)cc(-c2cnc3n[nH]c(-c4nc5c(-c6cccc(F)c6)cncc5[nH]4)c3c2)c1. The van der Waals surface area contributed by atoms with Gasteiger partial charge in [0, 0.05) is 30.1 Å². The highest BCUT2D eigenvalue weighted by molar-refractivity contribution is 5.96. The number of nitrogens with one attached hydrogen (secondary N) is 3. The first-order chi connectivity index (χ1) is 20.1. The molecule has 0 amide bonds. The van der Waals surface area contributed by atoms with E-state index < -0.39 is 0 Å². The molecule has 2 aromatic carbocycles. The van der Waals surface area contributed by atoms with Crippen LogP contribution in [0.25, 0.3) is 55.8 Å². The van der Waals surface area contributed by atoms with Crippen molar-refractivity contribution < 1.29 is 4.39 Å². The molecule has 3 N–H and O–H groups in total. The van der Waals surface area contributed by atoms with Gasteiger partial charge in [-0.3, -0.25) is 10.1 Å². The van der Waals surface area contributed by atoms with Gasteiger partial charge in [0.1, 0.15) is 11.5 Å². The van der Waals surface area contributed by atoms with E-state index in [1.54, 1.807) is 18.5 Å². The molecule has 0 spiro atoms. The number of hydrogen-bond donors (Lipinski definition) is 3. The minimum atomic E-state index is -0.298. The van der Waals surface area contributed by atoms with Gasteiger partial charge in [-0.1, -0.05) is 44.0 Å². The van der Waals surface area contributed by atoms with Gasteiger partial charge in [-0.05, 0) is 78.2 Å². The summed E-state index contributed by atoms with van der Waals surface area (Å²) >= 11 is 0. The molecule has 4 heterocycles. The molecule has 1 aliphatic carbocycles. The average molecular weight is 546 g/mol. The lowest BCUT2D eigenvalue weighted by Crippen LogP contribution is -2.20. The van der Waals surface area contributed by atoms with Crippen LogP contribution in [0.1, 0.15) is 43.7 Å². The van der Waals surface area contributed by atoms with Gasteiger partial charge in [0.25, 0.3) is 0 Å². The summed E-state index contributed by atoms with van der Waals surface area (Å²) in [5.74, 6) is 1.15. The van der Waals surface area contributed by atoms with Crippen molar-refractivity contribution in [2.75, 3.05) is 6.54 Å². The summed E-state index contributed by atoms with van der Waals surface area (Å²) in [7, 11) is 0. The van der Waals surface area contributed by atoms with Gasteiger partial charge in [-0.15, -0.1) is 0 Å². The summed E-state index contributed by atoms with van der Waals surface area (Å²) in [5, 5.41) is 12.2. The van der Waals surface area contributed by atoms with Gasteiger partial charge < -0.3 is 10.3 Å². The summed E-state index contributed by atoms with van der Waals surface area (Å²) < 4.78 is 14.0. The first-order valence-corrected chi connectivity index (χ1v) is 14.4. The van der Waals surface area contributed by atoms with Gasteiger partial charge in [0.2, 0.25) is 0 Å². The van der Waals surface area contributed by atoms with Crippen molar-refractivity contribution in [3.63, 3.8) is 0 Å². The Labute approximate surface area is 237 Å².